The summed E-state index contributed by atoms with van der Waals surface area (Å²) in [5, 5.41) is 22.6. The lowest BCUT2D eigenvalue weighted by atomic mass is 9.95. The fourth-order valence-corrected chi connectivity index (χ4v) is 2.59. The van der Waals surface area contributed by atoms with Crippen molar-refractivity contribution in [2.45, 2.75) is 25.3 Å². The maximum Gasteiger partial charge on any atom is 0.329 e. The minimum Gasteiger partial charge on any atom is -0.480 e. The lowest BCUT2D eigenvalue weighted by molar-refractivity contribution is -0.385. The molecule has 1 saturated carbocycles. The Morgan fingerprint density at radius 1 is 1.43 bits per heavy atom. The van der Waals surface area contributed by atoms with Gasteiger partial charge in [-0.2, -0.15) is 0 Å². The fraction of sp³-hybridized carbons (Fsp3) is 0.385. The van der Waals surface area contributed by atoms with Gasteiger partial charge in [0.2, 0.25) is 0 Å². The maximum absolute atomic E-state index is 12.2. The van der Waals surface area contributed by atoms with Gasteiger partial charge in [-0.1, -0.05) is 15.9 Å². The van der Waals surface area contributed by atoms with E-state index < -0.39 is 22.3 Å². The number of rotatable bonds is 5. The summed E-state index contributed by atoms with van der Waals surface area (Å²) in [6.45, 7) is 1.46. The second-order valence-corrected chi connectivity index (χ2v) is 6.11. The van der Waals surface area contributed by atoms with Gasteiger partial charge in [0.25, 0.3) is 11.6 Å². The summed E-state index contributed by atoms with van der Waals surface area (Å²) in [4.78, 5) is 33.8. The molecule has 1 atom stereocenters. The molecule has 8 heteroatoms. The summed E-state index contributed by atoms with van der Waals surface area (Å²) in [5.74, 6) is -1.86. The van der Waals surface area contributed by atoms with Crippen molar-refractivity contribution in [1.29, 1.82) is 0 Å². The Labute approximate surface area is 128 Å². The number of carbonyl (C=O) groups is 2. The van der Waals surface area contributed by atoms with Crippen LogP contribution >= 0.6 is 15.9 Å². The van der Waals surface area contributed by atoms with Crippen molar-refractivity contribution in [3.05, 3.63) is 38.3 Å². The molecule has 0 aromatic heterocycles. The van der Waals surface area contributed by atoms with E-state index in [1.807, 2.05) is 0 Å². The van der Waals surface area contributed by atoms with Crippen LogP contribution in [0, 0.1) is 16.0 Å². The number of hydrogen-bond donors (Lipinski definition) is 2. The fourth-order valence-electron chi connectivity index (χ4n) is 2.11. The highest BCUT2D eigenvalue weighted by molar-refractivity contribution is 9.10. The molecule has 1 fully saturated rings. The van der Waals surface area contributed by atoms with Gasteiger partial charge in [0.05, 0.1) is 4.92 Å². The van der Waals surface area contributed by atoms with Crippen LogP contribution in [0.15, 0.2) is 22.7 Å². The highest BCUT2D eigenvalue weighted by Crippen LogP contribution is 2.40. The molecule has 2 N–H and O–H groups in total. The molecule has 1 aliphatic rings. The minimum absolute atomic E-state index is 0.0456. The van der Waals surface area contributed by atoms with Gasteiger partial charge in [0.1, 0.15) is 5.54 Å². The molecular formula is C13H13BrN2O5. The molecule has 21 heavy (non-hydrogen) atoms. The van der Waals surface area contributed by atoms with Crippen LogP contribution < -0.4 is 5.32 Å². The topological polar surface area (TPSA) is 110 Å². The van der Waals surface area contributed by atoms with Crippen molar-refractivity contribution < 1.29 is 19.6 Å². The average Bonchev–Trinajstić information content (AvgIpc) is 3.21. The first-order chi connectivity index (χ1) is 9.74. The van der Waals surface area contributed by atoms with E-state index in [1.54, 1.807) is 0 Å². The van der Waals surface area contributed by atoms with Crippen LogP contribution in [0.25, 0.3) is 0 Å². The predicted molar refractivity (Wildman–Crippen MR) is 77.0 cm³/mol. The monoisotopic (exact) mass is 356 g/mol. The number of nitrogens with zero attached hydrogens (tertiary/aromatic N) is 1. The first-order valence-electron chi connectivity index (χ1n) is 6.25. The molecule has 0 heterocycles. The number of non-ortho nitro benzene ring substituents is 1. The van der Waals surface area contributed by atoms with E-state index in [0.717, 1.165) is 18.9 Å². The number of nitro groups is 1. The van der Waals surface area contributed by atoms with Crippen LogP contribution in [0.2, 0.25) is 0 Å². The molecule has 0 bridgehead atoms. The van der Waals surface area contributed by atoms with Gasteiger partial charge in [-0.3, -0.25) is 14.9 Å². The summed E-state index contributed by atoms with van der Waals surface area (Å²) in [5.41, 5.74) is -1.55. The first kappa shape index (κ1) is 15.4. The molecule has 1 unspecified atom stereocenters. The van der Waals surface area contributed by atoms with E-state index in [1.165, 1.54) is 19.1 Å². The number of carboxylic acids is 1. The van der Waals surface area contributed by atoms with E-state index >= 15 is 0 Å². The summed E-state index contributed by atoms with van der Waals surface area (Å²) in [7, 11) is 0. The first-order valence-corrected chi connectivity index (χ1v) is 7.04. The van der Waals surface area contributed by atoms with E-state index in [-0.39, 0.29) is 17.2 Å². The van der Waals surface area contributed by atoms with Gasteiger partial charge < -0.3 is 10.4 Å². The van der Waals surface area contributed by atoms with E-state index in [9.17, 15) is 24.8 Å². The Bertz CT molecular complexity index is 629. The zero-order chi connectivity index (χ0) is 15.8. The molecular weight excluding hydrogens is 344 g/mol. The van der Waals surface area contributed by atoms with Crippen molar-refractivity contribution in [2.24, 2.45) is 5.92 Å². The van der Waals surface area contributed by atoms with Crippen molar-refractivity contribution >= 4 is 33.5 Å². The number of carboxylic acid groups (broad SMARTS) is 1. The van der Waals surface area contributed by atoms with Gasteiger partial charge >= 0.3 is 5.97 Å². The van der Waals surface area contributed by atoms with Crippen LogP contribution in [0.1, 0.15) is 30.1 Å². The normalized spacial score (nSPS) is 16.9. The lowest BCUT2D eigenvalue weighted by Crippen LogP contribution is -2.54. The zero-order valence-electron chi connectivity index (χ0n) is 11.1. The molecule has 112 valence electrons. The Balaban J connectivity index is 2.28. The Morgan fingerprint density at radius 2 is 2.05 bits per heavy atom. The number of nitrogens with one attached hydrogen (secondary N) is 1. The molecule has 1 amide bonds. The second-order valence-electron chi connectivity index (χ2n) is 5.19. The number of nitro benzene ring substituents is 1. The molecule has 7 nitrogen and oxygen atoms in total. The Hall–Kier alpha value is -1.96. The third-order valence-electron chi connectivity index (χ3n) is 3.57. The maximum atomic E-state index is 12.2. The van der Waals surface area contributed by atoms with Gasteiger partial charge in [-0.05, 0) is 31.7 Å². The van der Waals surface area contributed by atoms with Gasteiger partial charge in [-0.15, -0.1) is 0 Å². The SMILES string of the molecule is CC(NC(=O)c1cc(Br)cc([N+](=O)[O-])c1)(C(=O)O)C1CC1. The number of halogens is 1. The molecule has 0 spiro atoms. The highest BCUT2D eigenvalue weighted by atomic mass is 79.9. The summed E-state index contributed by atoms with van der Waals surface area (Å²) >= 11 is 3.10. The molecule has 2 rings (SSSR count). The van der Waals surface area contributed by atoms with Gasteiger partial charge in [0.15, 0.2) is 0 Å². The third kappa shape index (κ3) is 3.21. The average molecular weight is 357 g/mol. The largest absolute Gasteiger partial charge is 0.480 e. The number of benzene rings is 1. The summed E-state index contributed by atoms with van der Waals surface area (Å²) < 4.78 is 0.380. The smallest absolute Gasteiger partial charge is 0.329 e. The lowest BCUT2D eigenvalue weighted by Gasteiger charge is -2.26. The number of carbonyl (C=O) groups excluding carboxylic acids is 1. The van der Waals surface area contributed by atoms with E-state index in [4.69, 9.17) is 0 Å². The standard InChI is InChI=1S/C13H13BrN2O5/c1-13(12(18)19,8-2-3-8)15-11(17)7-4-9(14)6-10(5-7)16(20)21/h4-6,8H,2-3H2,1H3,(H,15,17)(H,18,19). The number of hydrogen-bond acceptors (Lipinski definition) is 4. The zero-order valence-corrected chi connectivity index (χ0v) is 12.7. The van der Waals surface area contributed by atoms with Crippen LogP contribution in [0.4, 0.5) is 5.69 Å². The quantitative estimate of drug-likeness (QED) is 0.621. The number of amides is 1. The summed E-state index contributed by atoms with van der Waals surface area (Å²) in [6.07, 6.45) is 1.48. The molecule has 0 saturated heterocycles. The Morgan fingerprint density at radius 3 is 2.52 bits per heavy atom. The van der Waals surface area contributed by atoms with Crippen LogP contribution in [-0.2, 0) is 4.79 Å². The van der Waals surface area contributed by atoms with E-state index in [2.05, 4.69) is 21.2 Å². The molecule has 0 aliphatic heterocycles. The van der Waals surface area contributed by atoms with Crippen LogP contribution in [0.3, 0.4) is 0 Å². The highest BCUT2D eigenvalue weighted by Gasteiger charge is 2.48. The van der Waals surface area contributed by atoms with Crippen LogP contribution in [-0.4, -0.2) is 27.4 Å². The van der Waals surface area contributed by atoms with Crippen molar-refractivity contribution in [3.63, 3.8) is 0 Å². The molecule has 1 aromatic rings. The second kappa shape index (κ2) is 5.44. The van der Waals surface area contributed by atoms with Gasteiger partial charge in [0, 0.05) is 22.2 Å². The van der Waals surface area contributed by atoms with Crippen LogP contribution in [0.5, 0.6) is 0 Å². The third-order valence-corrected chi connectivity index (χ3v) is 4.02. The van der Waals surface area contributed by atoms with Crippen molar-refractivity contribution in [1.82, 2.24) is 5.32 Å². The van der Waals surface area contributed by atoms with Gasteiger partial charge in [-0.25, -0.2) is 4.79 Å². The van der Waals surface area contributed by atoms with Crippen molar-refractivity contribution in [3.8, 4) is 0 Å². The summed E-state index contributed by atoms with van der Waals surface area (Å²) in [6, 6.07) is 3.81. The number of aliphatic carboxylic acids is 1. The molecule has 1 aromatic carbocycles. The Kier molecular flexibility index (Phi) is 3.99. The van der Waals surface area contributed by atoms with Crippen molar-refractivity contribution in [2.75, 3.05) is 0 Å². The molecule has 0 radical (unpaired) electrons. The predicted octanol–water partition coefficient (Wildman–Crippen LogP) is 2.34. The molecule has 1 aliphatic carbocycles. The minimum atomic E-state index is -1.35. The van der Waals surface area contributed by atoms with E-state index in [0.29, 0.717) is 4.47 Å².